The number of anilines is 1. The molecule has 6 nitrogen and oxygen atoms in total. The van der Waals surface area contributed by atoms with Crippen molar-refractivity contribution in [3.8, 4) is 0 Å². The van der Waals surface area contributed by atoms with Gasteiger partial charge >= 0.3 is 5.97 Å². The summed E-state index contributed by atoms with van der Waals surface area (Å²) in [7, 11) is 0. The number of carbonyl (C=O) groups is 2. The van der Waals surface area contributed by atoms with Crippen LogP contribution in [0.15, 0.2) is 18.2 Å². The van der Waals surface area contributed by atoms with E-state index in [1.165, 1.54) is 0 Å². The summed E-state index contributed by atoms with van der Waals surface area (Å²) in [5, 5.41) is 13.0. The van der Waals surface area contributed by atoms with E-state index in [1.807, 2.05) is 6.92 Å². The molecule has 0 aliphatic rings. The number of aryl methyl sites for hydroxylation is 2. The molecule has 0 bridgehead atoms. The molecule has 0 aliphatic carbocycles. The van der Waals surface area contributed by atoms with Crippen molar-refractivity contribution in [1.82, 2.24) is 4.98 Å². The van der Waals surface area contributed by atoms with Gasteiger partial charge in [0.1, 0.15) is 5.69 Å². The lowest BCUT2D eigenvalue weighted by molar-refractivity contribution is -0.119. The molecule has 0 saturated heterocycles. The highest BCUT2D eigenvalue weighted by atomic mass is 35.5. The third-order valence-electron chi connectivity index (χ3n) is 3.91. The number of aliphatic hydroxyl groups is 1. The normalized spacial score (nSPS) is 11.9. The Morgan fingerprint density at radius 3 is 2.56 bits per heavy atom. The Morgan fingerprint density at radius 1 is 1.32 bits per heavy atom. The molecule has 2 aromatic rings. The summed E-state index contributed by atoms with van der Waals surface area (Å²) in [5.74, 6) is -1.09. The molecule has 1 atom stereocenters. The summed E-state index contributed by atoms with van der Waals surface area (Å²) in [6.07, 6.45) is -0.700. The number of hydrogen-bond acceptors (Lipinski definition) is 4. The van der Waals surface area contributed by atoms with Crippen molar-refractivity contribution in [3.05, 3.63) is 51.3 Å². The molecule has 1 aromatic carbocycles. The molecule has 0 radical (unpaired) electrons. The van der Waals surface area contributed by atoms with Gasteiger partial charge in [-0.3, -0.25) is 4.79 Å². The van der Waals surface area contributed by atoms with Gasteiger partial charge in [-0.1, -0.05) is 11.6 Å². The largest absolute Gasteiger partial charge is 0.451 e. The van der Waals surface area contributed by atoms with Crippen LogP contribution < -0.4 is 5.32 Å². The third-order valence-corrected chi connectivity index (χ3v) is 4.15. The molecule has 0 spiro atoms. The Bertz CT molecular complexity index is 812. The Balaban J connectivity index is 2.00. The average molecular weight is 365 g/mol. The Morgan fingerprint density at radius 2 is 2.00 bits per heavy atom. The number of esters is 1. The first-order chi connectivity index (χ1) is 11.7. The van der Waals surface area contributed by atoms with Gasteiger partial charge in [-0.25, -0.2) is 4.79 Å². The minimum absolute atomic E-state index is 0.240. The Kier molecular flexibility index (Phi) is 5.87. The smallest absolute Gasteiger partial charge is 0.355 e. The number of aromatic amines is 1. The van der Waals surface area contributed by atoms with E-state index in [0.717, 1.165) is 5.56 Å². The van der Waals surface area contributed by atoms with E-state index in [0.29, 0.717) is 27.5 Å². The van der Waals surface area contributed by atoms with Crippen molar-refractivity contribution in [2.75, 3.05) is 11.9 Å². The zero-order valence-electron chi connectivity index (χ0n) is 14.6. The van der Waals surface area contributed by atoms with E-state index in [2.05, 4.69) is 10.3 Å². The molecule has 1 amide bonds. The standard InChI is InChI=1S/C18H21ClN2O4/c1-9-7-13(19)5-6-14(9)21-15(23)8-25-18(24)17-10(2)16(12(4)22)11(3)20-17/h5-7,12,20,22H,8H2,1-4H3,(H,21,23)/t12-/m1/s1. The SMILES string of the molecule is Cc1cc(Cl)ccc1NC(=O)COC(=O)c1[nH]c(C)c([C@@H](C)O)c1C. The van der Waals surface area contributed by atoms with Crippen molar-refractivity contribution in [3.63, 3.8) is 0 Å². The first-order valence-corrected chi connectivity index (χ1v) is 8.18. The van der Waals surface area contributed by atoms with Gasteiger partial charge in [0.2, 0.25) is 0 Å². The van der Waals surface area contributed by atoms with Gasteiger partial charge in [0.25, 0.3) is 5.91 Å². The first kappa shape index (κ1) is 19.0. The van der Waals surface area contributed by atoms with E-state index >= 15 is 0 Å². The summed E-state index contributed by atoms with van der Waals surface area (Å²) < 4.78 is 5.06. The molecule has 1 heterocycles. The zero-order chi connectivity index (χ0) is 18.7. The zero-order valence-corrected chi connectivity index (χ0v) is 15.3. The van der Waals surface area contributed by atoms with E-state index < -0.39 is 24.6 Å². The number of amides is 1. The topological polar surface area (TPSA) is 91.4 Å². The Labute approximate surface area is 151 Å². The molecule has 0 aliphatic heterocycles. The number of aromatic nitrogens is 1. The fourth-order valence-electron chi connectivity index (χ4n) is 2.75. The van der Waals surface area contributed by atoms with Crippen LogP contribution in [0, 0.1) is 20.8 Å². The summed E-state index contributed by atoms with van der Waals surface area (Å²) in [5.41, 5.74) is 3.63. The van der Waals surface area contributed by atoms with Crippen molar-refractivity contribution in [1.29, 1.82) is 0 Å². The molecule has 3 N–H and O–H groups in total. The van der Waals surface area contributed by atoms with E-state index in [4.69, 9.17) is 16.3 Å². The lowest BCUT2D eigenvalue weighted by Gasteiger charge is -2.09. The number of H-pyrrole nitrogens is 1. The van der Waals surface area contributed by atoms with Crippen LogP contribution in [0.5, 0.6) is 0 Å². The van der Waals surface area contributed by atoms with Crippen molar-refractivity contribution in [2.45, 2.75) is 33.8 Å². The van der Waals surface area contributed by atoms with Crippen molar-refractivity contribution in [2.24, 2.45) is 0 Å². The number of carbonyl (C=O) groups excluding carboxylic acids is 2. The van der Waals surface area contributed by atoms with Crippen LogP contribution in [0.2, 0.25) is 5.02 Å². The van der Waals surface area contributed by atoms with Gasteiger partial charge in [-0.2, -0.15) is 0 Å². The maximum Gasteiger partial charge on any atom is 0.355 e. The van der Waals surface area contributed by atoms with Crippen LogP contribution in [0.25, 0.3) is 0 Å². The van der Waals surface area contributed by atoms with Crippen LogP contribution in [0.1, 0.15) is 45.9 Å². The molecule has 1 aromatic heterocycles. The fraction of sp³-hybridized carbons (Fsp3) is 0.333. The second-order valence-electron chi connectivity index (χ2n) is 5.92. The van der Waals surface area contributed by atoms with E-state index in [1.54, 1.807) is 39.0 Å². The molecule has 0 saturated carbocycles. The molecular formula is C18H21ClN2O4. The lowest BCUT2D eigenvalue weighted by Crippen LogP contribution is -2.21. The average Bonchev–Trinajstić information content (AvgIpc) is 2.82. The summed E-state index contributed by atoms with van der Waals surface area (Å²) in [4.78, 5) is 27.1. The van der Waals surface area contributed by atoms with Crippen LogP contribution in [-0.2, 0) is 9.53 Å². The van der Waals surface area contributed by atoms with Crippen LogP contribution >= 0.6 is 11.6 Å². The lowest BCUT2D eigenvalue weighted by atomic mass is 10.1. The predicted octanol–water partition coefficient (Wildman–Crippen LogP) is 3.44. The van der Waals surface area contributed by atoms with Gasteiger partial charge in [0.05, 0.1) is 6.10 Å². The highest BCUT2D eigenvalue weighted by molar-refractivity contribution is 6.30. The maximum atomic E-state index is 12.2. The number of hydrogen-bond donors (Lipinski definition) is 3. The first-order valence-electron chi connectivity index (χ1n) is 7.81. The fourth-order valence-corrected chi connectivity index (χ4v) is 2.98. The summed E-state index contributed by atoms with van der Waals surface area (Å²) >= 11 is 5.87. The minimum atomic E-state index is -0.700. The number of ether oxygens (including phenoxy) is 1. The molecule has 0 unspecified atom stereocenters. The number of nitrogens with one attached hydrogen (secondary N) is 2. The van der Waals surface area contributed by atoms with E-state index in [-0.39, 0.29) is 5.69 Å². The quantitative estimate of drug-likeness (QED) is 0.709. The van der Waals surface area contributed by atoms with E-state index in [9.17, 15) is 14.7 Å². The highest BCUT2D eigenvalue weighted by Crippen LogP contribution is 2.25. The highest BCUT2D eigenvalue weighted by Gasteiger charge is 2.21. The minimum Gasteiger partial charge on any atom is -0.451 e. The molecule has 0 fully saturated rings. The van der Waals surface area contributed by atoms with Crippen molar-refractivity contribution < 1.29 is 19.4 Å². The van der Waals surface area contributed by atoms with Gasteiger partial charge in [-0.15, -0.1) is 0 Å². The summed E-state index contributed by atoms with van der Waals surface area (Å²) in [6, 6.07) is 5.08. The van der Waals surface area contributed by atoms with Crippen LogP contribution in [0.4, 0.5) is 5.69 Å². The monoisotopic (exact) mass is 364 g/mol. The molecule has 25 heavy (non-hydrogen) atoms. The molecule has 2 rings (SSSR count). The third kappa shape index (κ3) is 4.41. The Hall–Kier alpha value is -2.31. The van der Waals surface area contributed by atoms with Crippen LogP contribution in [0.3, 0.4) is 0 Å². The second-order valence-corrected chi connectivity index (χ2v) is 6.36. The van der Waals surface area contributed by atoms with Gasteiger partial charge < -0.3 is 20.1 Å². The van der Waals surface area contributed by atoms with Crippen molar-refractivity contribution >= 4 is 29.2 Å². The number of aliphatic hydroxyl groups excluding tert-OH is 1. The van der Waals surface area contributed by atoms with Gasteiger partial charge in [0, 0.05) is 22.0 Å². The van der Waals surface area contributed by atoms with Gasteiger partial charge in [0.15, 0.2) is 6.61 Å². The molecule has 7 heteroatoms. The van der Waals surface area contributed by atoms with Gasteiger partial charge in [-0.05, 0) is 57.0 Å². The summed E-state index contributed by atoms with van der Waals surface area (Å²) in [6.45, 7) is 6.51. The second kappa shape index (κ2) is 7.72. The number of benzene rings is 1. The number of rotatable bonds is 5. The number of halogens is 1. The maximum absolute atomic E-state index is 12.2. The van der Waals surface area contributed by atoms with Crippen LogP contribution in [-0.4, -0.2) is 28.6 Å². The molecular weight excluding hydrogens is 344 g/mol. The molecule has 134 valence electrons. The predicted molar refractivity (Wildman–Crippen MR) is 96.0 cm³/mol.